The van der Waals surface area contributed by atoms with Gasteiger partial charge in [-0.05, 0) is 43.2 Å². The van der Waals surface area contributed by atoms with E-state index in [0.29, 0.717) is 0 Å². The summed E-state index contributed by atoms with van der Waals surface area (Å²) in [5, 5.41) is 3.52. The summed E-state index contributed by atoms with van der Waals surface area (Å²) in [5.41, 5.74) is 6.19. The van der Waals surface area contributed by atoms with Gasteiger partial charge >= 0.3 is 0 Å². The van der Waals surface area contributed by atoms with E-state index < -0.39 is 0 Å². The molecule has 6 nitrogen and oxygen atoms in total. The number of hydrogen-bond donors (Lipinski definition) is 1. The number of fused-ring (bicyclic) bond motifs is 1. The SMILES string of the molecule is CN=C(NCCc1cn2ccccc2n1)N1CCN(c2cccc(C)c2C)CC1.I. The minimum Gasteiger partial charge on any atom is -0.368 e. The topological polar surface area (TPSA) is 48.2 Å². The first-order chi connectivity index (χ1) is 14.2. The summed E-state index contributed by atoms with van der Waals surface area (Å²) < 4.78 is 2.07. The molecule has 0 spiro atoms. The highest BCUT2D eigenvalue weighted by molar-refractivity contribution is 14.0. The Kier molecular flexibility index (Phi) is 7.58. The van der Waals surface area contributed by atoms with Crippen molar-refractivity contribution in [1.82, 2.24) is 19.6 Å². The van der Waals surface area contributed by atoms with Crippen LogP contribution in [0.2, 0.25) is 0 Å². The van der Waals surface area contributed by atoms with Gasteiger partial charge in [0.05, 0.1) is 5.69 Å². The summed E-state index contributed by atoms with van der Waals surface area (Å²) >= 11 is 0. The average molecular weight is 518 g/mol. The molecule has 0 radical (unpaired) electrons. The molecule has 3 aromatic rings. The number of aryl methyl sites for hydroxylation is 1. The molecule has 30 heavy (non-hydrogen) atoms. The Morgan fingerprint density at radius 1 is 1.07 bits per heavy atom. The van der Waals surface area contributed by atoms with Crippen molar-refractivity contribution in [2.45, 2.75) is 20.3 Å². The van der Waals surface area contributed by atoms with Gasteiger partial charge in [-0.3, -0.25) is 4.99 Å². The van der Waals surface area contributed by atoms with Gasteiger partial charge in [0.25, 0.3) is 0 Å². The van der Waals surface area contributed by atoms with E-state index in [2.05, 4.69) is 67.7 Å². The van der Waals surface area contributed by atoms with E-state index in [1.807, 2.05) is 31.4 Å². The maximum Gasteiger partial charge on any atom is 0.193 e. The molecule has 7 heteroatoms. The maximum absolute atomic E-state index is 4.67. The summed E-state index contributed by atoms with van der Waals surface area (Å²) in [4.78, 5) is 14.0. The van der Waals surface area contributed by atoms with Gasteiger partial charge in [0.15, 0.2) is 5.96 Å². The maximum atomic E-state index is 4.67. The lowest BCUT2D eigenvalue weighted by molar-refractivity contribution is 0.372. The largest absolute Gasteiger partial charge is 0.368 e. The Balaban J connectivity index is 0.00000256. The molecular weight excluding hydrogens is 487 g/mol. The number of guanidine groups is 1. The molecular formula is C23H31IN6. The number of pyridine rings is 1. The molecule has 0 amide bonds. The number of rotatable bonds is 4. The first kappa shape index (κ1) is 22.4. The Morgan fingerprint density at radius 3 is 2.60 bits per heavy atom. The van der Waals surface area contributed by atoms with E-state index in [4.69, 9.17) is 0 Å². The lowest BCUT2D eigenvalue weighted by Crippen LogP contribution is -2.53. The number of nitrogens with one attached hydrogen (secondary N) is 1. The number of aromatic nitrogens is 2. The normalized spacial score (nSPS) is 14.7. The predicted molar refractivity (Wildman–Crippen MR) is 135 cm³/mol. The van der Waals surface area contributed by atoms with Crippen molar-refractivity contribution < 1.29 is 0 Å². The number of benzene rings is 1. The molecule has 2 aromatic heterocycles. The molecule has 0 aliphatic carbocycles. The highest BCUT2D eigenvalue weighted by atomic mass is 127. The van der Waals surface area contributed by atoms with Gasteiger partial charge in [0.2, 0.25) is 0 Å². The fourth-order valence-corrected chi connectivity index (χ4v) is 3.98. The summed E-state index contributed by atoms with van der Waals surface area (Å²) in [5.74, 6) is 0.981. The molecule has 1 saturated heterocycles. The second-order valence-corrected chi connectivity index (χ2v) is 7.62. The quantitative estimate of drug-likeness (QED) is 0.327. The zero-order chi connectivity index (χ0) is 20.2. The van der Waals surface area contributed by atoms with Crippen LogP contribution in [0.3, 0.4) is 0 Å². The van der Waals surface area contributed by atoms with Gasteiger partial charge in [-0.1, -0.05) is 18.2 Å². The van der Waals surface area contributed by atoms with Gasteiger partial charge < -0.3 is 19.5 Å². The Labute approximate surface area is 196 Å². The number of hydrogen-bond acceptors (Lipinski definition) is 3. The van der Waals surface area contributed by atoms with Crippen molar-refractivity contribution in [3.63, 3.8) is 0 Å². The van der Waals surface area contributed by atoms with E-state index >= 15 is 0 Å². The fraction of sp³-hybridized carbons (Fsp3) is 0.391. The van der Waals surface area contributed by atoms with Crippen LogP contribution in [0.5, 0.6) is 0 Å². The zero-order valence-electron chi connectivity index (χ0n) is 18.0. The molecule has 0 bridgehead atoms. The molecule has 1 N–H and O–H groups in total. The molecule has 1 aliphatic rings. The molecule has 0 saturated carbocycles. The lowest BCUT2D eigenvalue weighted by atomic mass is 10.1. The van der Waals surface area contributed by atoms with Crippen LogP contribution in [-0.2, 0) is 6.42 Å². The number of halogens is 1. The third-order valence-corrected chi connectivity index (χ3v) is 5.79. The van der Waals surface area contributed by atoms with Crippen molar-refractivity contribution >= 4 is 41.3 Å². The van der Waals surface area contributed by atoms with Crippen molar-refractivity contribution in [2.75, 3.05) is 44.7 Å². The van der Waals surface area contributed by atoms with Crippen molar-refractivity contribution in [3.05, 3.63) is 65.6 Å². The number of anilines is 1. The Hall–Kier alpha value is -2.29. The Morgan fingerprint density at radius 2 is 1.87 bits per heavy atom. The highest BCUT2D eigenvalue weighted by Crippen LogP contribution is 2.23. The van der Waals surface area contributed by atoms with E-state index in [9.17, 15) is 0 Å². The van der Waals surface area contributed by atoms with Gasteiger partial charge in [-0.25, -0.2) is 4.98 Å². The van der Waals surface area contributed by atoms with Crippen LogP contribution in [0.25, 0.3) is 5.65 Å². The number of piperazine rings is 1. The summed E-state index contributed by atoms with van der Waals surface area (Å²) in [6.45, 7) is 9.20. The van der Waals surface area contributed by atoms with E-state index in [1.165, 1.54) is 16.8 Å². The molecule has 4 rings (SSSR count). The molecule has 160 valence electrons. The third-order valence-electron chi connectivity index (χ3n) is 5.79. The number of nitrogens with zero attached hydrogens (tertiary/aromatic N) is 5. The second kappa shape index (κ2) is 10.1. The standard InChI is InChI=1S/C23H30N6.HI/c1-18-7-6-8-21(19(18)2)27-13-15-28(16-14-27)23(24-3)25-11-10-20-17-29-12-5-4-9-22(29)26-20;/h4-9,12,17H,10-11,13-16H2,1-3H3,(H,24,25);1H. The highest BCUT2D eigenvalue weighted by Gasteiger charge is 2.21. The van der Waals surface area contributed by atoms with Crippen LogP contribution in [0, 0.1) is 13.8 Å². The van der Waals surface area contributed by atoms with Gasteiger partial charge in [0, 0.05) is 64.3 Å². The first-order valence-corrected chi connectivity index (χ1v) is 10.3. The predicted octanol–water partition coefficient (Wildman–Crippen LogP) is 3.51. The average Bonchev–Trinajstić information content (AvgIpc) is 3.16. The summed E-state index contributed by atoms with van der Waals surface area (Å²) in [7, 11) is 1.87. The van der Waals surface area contributed by atoms with Crippen LogP contribution >= 0.6 is 24.0 Å². The molecule has 1 aromatic carbocycles. The molecule has 0 unspecified atom stereocenters. The van der Waals surface area contributed by atoms with Crippen LogP contribution in [-0.4, -0.2) is 60.0 Å². The van der Waals surface area contributed by atoms with Crippen LogP contribution in [0.15, 0.2) is 53.8 Å². The van der Waals surface area contributed by atoms with Crippen LogP contribution < -0.4 is 10.2 Å². The van der Waals surface area contributed by atoms with Gasteiger partial charge in [0.1, 0.15) is 5.65 Å². The fourth-order valence-electron chi connectivity index (χ4n) is 3.98. The van der Waals surface area contributed by atoms with Gasteiger partial charge in [-0.2, -0.15) is 0 Å². The number of imidazole rings is 1. The third kappa shape index (κ3) is 4.88. The van der Waals surface area contributed by atoms with Crippen LogP contribution in [0.4, 0.5) is 5.69 Å². The smallest absolute Gasteiger partial charge is 0.193 e. The van der Waals surface area contributed by atoms with Crippen molar-refractivity contribution in [1.29, 1.82) is 0 Å². The van der Waals surface area contributed by atoms with Crippen molar-refractivity contribution in [2.24, 2.45) is 4.99 Å². The molecule has 1 aliphatic heterocycles. The minimum absolute atomic E-state index is 0. The van der Waals surface area contributed by atoms with E-state index in [1.54, 1.807) is 0 Å². The molecule has 0 atom stereocenters. The molecule has 3 heterocycles. The first-order valence-electron chi connectivity index (χ1n) is 10.3. The van der Waals surface area contributed by atoms with Crippen LogP contribution in [0.1, 0.15) is 16.8 Å². The van der Waals surface area contributed by atoms with Gasteiger partial charge in [-0.15, -0.1) is 24.0 Å². The monoisotopic (exact) mass is 518 g/mol. The number of aliphatic imine (C=N–C) groups is 1. The Bertz CT molecular complexity index is 971. The lowest BCUT2D eigenvalue weighted by Gasteiger charge is -2.38. The van der Waals surface area contributed by atoms with E-state index in [-0.39, 0.29) is 24.0 Å². The second-order valence-electron chi connectivity index (χ2n) is 7.62. The summed E-state index contributed by atoms with van der Waals surface area (Å²) in [6, 6.07) is 12.7. The minimum atomic E-state index is 0. The zero-order valence-corrected chi connectivity index (χ0v) is 20.3. The molecule has 1 fully saturated rings. The summed E-state index contributed by atoms with van der Waals surface area (Å²) in [6.07, 6.45) is 5.01. The van der Waals surface area contributed by atoms with Crippen molar-refractivity contribution in [3.8, 4) is 0 Å². The van der Waals surface area contributed by atoms with E-state index in [0.717, 1.165) is 56.4 Å².